The molecule has 0 heterocycles. The van der Waals surface area contributed by atoms with Crippen LogP contribution in [0.1, 0.15) is 46.1 Å². The quantitative estimate of drug-likeness (QED) is 0.665. The van der Waals surface area contributed by atoms with Gasteiger partial charge in [0.15, 0.2) is 0 Å². The summed E-state index contributed by atoms with van der Waals surface area (Å²) in [5, 5.41) is 8.29. The van der Waals surface area contributed by atoms with Gasteiger partial charge in [0.2, 0.25) is 0 Å². The number of urea groups is 1. The fraction of sp³-hybridized carbons (Fsp3) is 0.556. The number of carbonyl (C=O) groups is 2. The molecule has 24 heavy (non-hydrogen) atoms. The van der Waals surface area contributed by atoms with Gasteiger partial charge >= 0.3 is 12.1 Å². The molecule has 0 bridgehead atoms. The molecular weight excluding hydrogens is 306 g/mol. The molecule has 1 rings (SSSR count). The van der Waals surface area contributed by atoms with Crippen molar-refractivity contribution in [1.82, 2.24) is 10.6 Å². The predicted molar refractivity (Wildman–Crippen MR) is 96.3 cm³/mol. The molecule has 0 aliphatic rings. The van der Waals surface area contributed by atoms with Crippen molar-refractivity contribution >= 4 is 17.8 Å². The maximum absolute atomic E-state index is 11.7. The molecule has 0 unspecified atom stereocenters. The highest BCUT2D eigenvalue weighted by Gasteiger charge is 2.15. The fourth-order valence-corrected chi connectivity index (χ4v) is 1.97. The van der Waals surface area contributed by atoms with Crippen molar-refractivity contribution < 1.29 is 14.3 Å². The number of aryl methyl sites for hydroxylation is 1. The molecule has 3 N–H and O–H groups in total. The van der Waals surface area contributed by atoms with Crippen LogP contribution in [0.3, 0.4) is 0 Å². The van der Waals surface area contributed by atoms with Crippen LogP contribution >= 0.6 is 0 Å². The first-order chi connectivity index (χ1) is 11.3. The number of anilines is 1. The Balaban J connectivity index is 2.29. The maximum Gasteiger partial charge on any atom is 0.412 e. The molecule has 3 amide bonds. The van der Waals surface area contributed by atoms with E-state index in [0.29, 0.717) is 18.8 Å². The Morgan fingerprint density at radius 1 is 1.04 bits per heavy atom. The van der Waals surface area contributed by atoms with Crippen molar-refractivity contribution in [2.75, 3.05) is 18.4 Å². The van der Waals surface area contributed by atoms with E-state index >= 15 is 0 Å². The molecule has 0 saturated heterocycles. The lowest BCUT2D eigenvalue weighted by Gasteiger charge is -2.19. The van der Waals surface area contributed by atoms with Crippen LogP contribution in [0.4, 0.5) is 15.3 Å². The van der Waals surface area contributed by atoms with E-state index in [0.717, 1.165) is 24.8 Å². The van der Waals surface area contributed by atoms with Crippen LogP contribution < -0.4 is 16.0 Å². The van der Waals surface area contributed by atoms with Gasteiger partial charge in [-0.1, -0.05) is 19.1 Å². The topological polar surface area (TPSA) is 79.5 Å². The average molecular weight is 335 g/mol. The van der Waals surface area contributed by atoms with Crippen LogP contribution in [-0.2, 0) is 11.2 Å². The Labute approximate surface area is 144 Å². The predicted octanol–water partition coefficient (Wildman–Crippen LogP) is 3.68. The third-order valence-corrected chi connectivity index (χ3v) is 3.06. The molecule has 0 aliphatic carbocycles. The van der Waals surface area contributed by atoms with Crippen molar-refractivity contribution in [3.63, 3.8) is 0 Å². The molecule has 6 nitrogen and oxygen atoms in total. The third kappa shape index (κ3) is 9.02. The summed E-state index contributed by atoms with van der Waals surface area (Å²) in [4.78, 5) is 23.1. The minimum Gasteiger partial charge on any atom is -0.444 e. The SMILES string of the molecule is CCCNC(=O)NCCCc1ccc(NC(=O)OC(C)(C)C)cc1. The number of ether oxygens (including phenoxy) is 1. The zero-order valence-electron chi connectivity index (χ0n) is 15.1. The first kappa shape index (κ1) is 19.8. The Hall–Kier alpha value is -2.24. The molecule has 1 aromatic rings. The minimum absolute atomic E-state index is 0.117. The third-order valence-electron chi connectivity index (χ3n) is 3.06. The highest BCUT2D eigenvalue weighted by molar-refractivity contribution is 5.84. The smallest absolute Gasteiger partial charge is 0.412 e. The highest BCUT2D eigenvalue weighted by Crippen LogP contribution is 2.13. The molecule has 0 fully saturated rings. The number of carbonyl (C=O) groups excluding carboxylic acids is 2. The number of amides is 3. The number of rotatable bonds is 7. The first-order valence-corrected chi connectivity index (χ1v) is 8.41. The second-order valence-electron chi connectivity index (χ2n) is 6.61. The van der Waals surface area contributed by atoms with Crippen LogP contribution in [0.5, 0.6) is 0 Å². The van der Waals surface area contributed by atoms with E-state index in [1.54, 1.807) is 0 Å². The highest BCUT2D eigenvalue weighted by atomic mass is 16.6. The molecule has 0 atom stereocenters. The first-order valence-electron chi connectivity index (χ1n) is 8.41. The van der Waals surface area contributed by atoms with Gasteiger partial charge in [-0.3, -0.25) is 5.32 Å². The van der Waals surface area contributed by atoms with Gasteiger partial charge in [0.25, 0.3) is 0 Å². The minimum atomic E-state index is -0.513. The lowest BCUT2D eigenvalue weighted by molar-refractivity contribution is 0.0636. The summed E-state index contributed by atoms with van der Waals surface area (Å²) in [5.74, 6) is 0. The van der Waals surface area contributed by atoms with Crippen molar-refractivity contribution in [3.8, 4) is 0 Å². The van der Waals surface area contributed by atoms with Crippen LogP contribution in [-0.4, -0.2) is 30.8 Å². The molecule has 1 aromatic carbocycles. The summed E-state index contributed by atoms with van der Waals surface area (Å²) in [5.41, 5.74) is 1.34. The standard InChI is InChI=1S/C18H29N3O3/c1-5-12-19-16(22)20-13-6-7-14-8-10-15(11-9-14)21-17(23)24-18(2,3)4/h8-11H,5-7,12-13H2,1-4H3,(H,21,23)(H2,19,20,22). The van der Waals surface area contributed by atoms with Gasteiger partial charge in [-0.15, -0.1) is 0 Å². The van der Waals surface area contributed by atoms with Crippen LogP contribution in [0.15, 0.2) is 24.3 Å². The number of hydrogen-bond acceptors (Lipinski definition) is 3. The number of benzene rings is 1. The van der Waals surface area contributed by atoms with Gasteiger partial charge in [0.1, 0.15) is 5.60 Å². The summed E-state index contributed by atoms with van der Waals surface area (Å²) in [6.07, 6.45) is 2.19. The molecule has 0 aromatic heterocycles. The van der Waals surface area contributed by atoms with Gasteiger partial charge in [0.05, 0.1) is 0 Å². The lowest BCUT2D eigenvalue weighted by atomic mass is 10.1. The summed E-state index contributed by atoms with van der Waals surface area (Å²) >= 11 is 0. The van der Waals surface area contributed by atoms with Gasteiger partial charge in [-0.05, 0) is 57.7 Å². The summed E-state index contributed by atoms with van der Waals surface area (Å²) in [7, 11) is 0. The summed E-state index contributed by atoms with van der Waals surface area (Å²) in [6.45, 7) is 8.82. The zero-order valence-corrected chi connectivity index (χ0v) is 15.1. The Morgan fingerprint density at radius 2 is 1.67 bits per heavy atom. The zero-order chi connectivity index (χ0) is 18.0. The van der Waals surface area contributed by atoms with E-state index in [1.165, 1.54) is 0 Å². The normalized spacial score (nSPS) is 10.8. The van der Waals surface area contributed by atoms with Crippen molar-refractivity contribution in [2.24, 2.45) is 0 Å². The van der Waals surface area contributed by atoms with Gasteiger partial charge in [0, 0.05) is 18.8 Å². The number of hydrogen-bond donors (Lipinski definition) is 3. The second kappa shape index (κ2) is 9.80. The Morgan fingerprint density at radius 3 is 2.25 bits per heavy atom. The molecule has 134 valence electrons. The molecule has 0 saturated carbocycles. The average Bonchev–Trinajstić information content (AvgIpc) is 2.49. The molecular formula is C18H29N3O3. The summed E-state index contributed by atoms with van der Waals surface area (Å²) < 4.78 is 5.21. The van der Waals surface area contributed by atoms with E-state index < -0.39 is 11.7 Å². The molecule has 0 radical (unpaired) electrons. The molecule has 0 spiro atoms. The van der Waals surface area contributed by atoms with E-state index in [-0.39, 0.29) is 6.03 Å². The van der Waals surface area contributed by atoms with Crippen LogP contribution in [0, 0.1) is 0 Å². The van der Waals surface area contributed by atoms with Crippen molar-refractivity contribution in [2.45, 2.75) is 52.6 Å². The molecule has 6 heteroatoms. The molecule has 0 aliphatic heterocycles. The van der Waals surface area contributed by atoms with Crippen molar-refractivity contribution in [1.29, 1.82) is 0 Å². The van der Waals surface area contributed by atoms with Crippen LogP contribution in [0.2, 0.25) is 0 Å². The lowest BCUT2D eigenvalue weighted by Crippen LogP contribution is -2.36. The monoisotopic (exact) mass is 335 g/mol. The van der Waals surface area contributed by atoms with E-state index in [9.17, 15) is 9.59 Å². The largest absolute Gasteiger partial charge is 0.444 e. The second-order valence-corrected chi connectivity index (χ2v) is 6.61. The van der Waals surface area contributed by atoms with Crippen molar-refractivity contribution in [3.05, 3.63) is 29.8 Å². The van der Waals surface area contributed by atoms with Gasteiger partial charge in [-0.2, -0.15) is 0 Å². The Kier molecular flexibility index (Phi) is 8.09. The van der Waals surface area contributed by atoms with Crippen LogP contribution in [0.25, 0.3) is 0 Å². The number of nitrogens with one attached hydrogen (secondary N) is 3. The maximum atomic E-state index is 11.7. The van der Waals surface area contributed by atoms with E-state index in [4.69, 9.17) is 4.74 Å². The van der Waals surface area contributed by atoms with Gasteiger partial charge in [-0.25, -0.2) is 9.59 Å². The van der Waals surface area contributed by atoms with Gasteiger partial charge < -0.3 is 15.4 Å². The van der Waals surface area contributed by atoms with E-state index in [1.807, 2.05) is 52.0 Å². The fourth-order valence-electron chi connectivity index (χ4n) is 1.97. The van der Waals surface area contributed by atoms with E-state index in [2.05, 4.69) is 16.0 Å². The Bertz CT molecular complexity index is 521. The summed E-state index contributed by atoms with van der Waals surface area (Å²) in [6, 6.07) is 7.50.